The van der Waals surface area contributed by atoms with Gasteiger partial charge in [-0.3, -0.25) is 9.59 Å². The monoisotopic (exact) mass is 267 g/mol. The highest BCUT2D eigenvalue weighted by atomic mass is 32.2. The van der Waals surface area contributed by atoms with E-state index in [-0.39, 0.29) is 11.3 Å². The third-order valence-electron chi connectivity index (χ3n) is 4.41. The molecule has 0 aliphatic carbocycles. The molecule has 1 amide bonds. The van der Waals surface area contributed by atoms with Crippen molar-refractivity contribution in [3.8, 4) is 0 Å². The average molecular weight is 267 g/mol. The van der Waals surface area contributed by atoms with E-state index >= 15 is 0 Å². The quantitative estimate of drug-likeness (QED) is 0.693. The van der Waals surface area contributed by atoms with E-state index in [2.05, 4.69) is 0 Å². The topological polar surface area (TPSA) is 66.8 Å². The van der Waals surface area contributed by atoms with E-state index in [1.165, 1.54) is 0 Å². The Labute approximate surface area is 108 Å². The van der Waals surface area contributed by atoms with Gasteiger partial charge in [-0.25, -0.2) is 0 Å². The predicted octanol–water partition coefficient (Wildman–Crippen LogP) is 0.316. The minimum atomic E-state index is -0.922. The van der Waals surface area contributed by atoms with Crippen LogP contribution >= 0.6 is 11.8 Å². The molecule has 5 atom stereocenters. The molecule has 2 bridgehead atoms. The van der Waals surface area contributed by atoms with Crippen molar-refractivity contribution < 1.29 is 19.4 Å². The Morgan fingerprint density at radius 1 is 1.61 bits per heavy atom. The van der Waals surface area contributed by atoms with E-state index in [4.69, 9.17) is 4.74 Å². The lowest BCUT2D eigenvalue weighted by Crippen LogP contribution is -2.45. The fourth-order valence-corrected chi connectivity index (χ4v) is 5.19. The number of hydrogen-bond donors (Lipinski definition) is 1. The molecular weight excluding hydrogens is 254 g/mol. The molecule has 0 aromatic heterocycles. The van der Waals surface area contributed by atoms with Gasteiger partial charge in [0.2, 0.25) is 5.91 Å². The number of carboxylic acids is 1. The number of carboxylic acid groups (broad SMARTS) is 1. The summed E-state index contributed by atoms with van der Waals surface area (Å²) in [4.78, 5) is 25.7. The lowest BCUT2D eigenvalue weighted by molar-refractivity contribution is -0.148. The smallest absolute Gasteiger partial charge is 0.310 e. The van der Waals surface area contributed by atoms with Crippen molar-refractivity contribution >= 4 is 23.6 Å². The molecule has 0 saturated carbocycles. The molecule has 1 spiro atoms. The summed E-state index contributed by atoms with van der Waals surface area (Å²) in [6, 6.07) is 0. The second-order valence-electron chi connectivity index (χ2n) is 5.25. The third kappa shape index (κ3) is 1.04. The van der Waals surface area contributed by atoms with Crippen LogP contribution < -0.4 is 0 Å². The first-order valence-corrected chi connectivity index (χ1v) is 7.22. The standard InChI is InChI=1S/C12H13NO4S/c14-9-8-7(10(15)16)6-2-3-12(8,17-6)11-13(9)4-1-5-18-11/h2-3,6-8,11H,1,4-5H2,(H,15,16)/t6-,7-,8+,11-,12+/m0/s1. The number of hydrogen-bond acceptors (Lipinski definition) is 4. The third-order valence-corrected chi connectivity index (χ3v) is 5.87. The van der Waals surface area contributed by atoms with Crippen molar-refractivity contribution in [1.82, 2.24) is 4.90 Å². The van der Waals surface area contributed by atoms with Crippen LogP contribution in [0.3, 0.4) is 0 Å². The summed E-state index contributed by atoms with van der Waals surface area (Å²) in [5, 5.41) is 9.31. The number of aliphatic carboxylic acids is 1. The molecule has 4 aliphatic heterocycles. The highest BCUT2D eigenvalue weighted by Crippen LogP contribution is 2.58. The number of amides is 1. The van der Waals surface area contributed by atoms with Gasteiger partial charge >= 0.3 is 5.97 Å². The van der Waals surface area contributed by atoms with E-state index in [0.29, 0.717) is 0 Å². The molecule has 96 valence electrons. The van der Waals surface area contributed by atoms with E-state index in [9.17, 15) is 14.7 Å². The molecule has 0 aromatic carbocycles. The average Bonchev–Trinajstić information content (AvgIpc) is 2.99. The second kappa shape index (κ2) is 3.30. The van der Waals surface area contributed by atoms with Gasteiger partial charge in [0, 0.05) is 6.54 Å². The van der Waals surface area contributed by atoms with Crippen molar-refractivity contribution in [2.24, 2.45) is 11.8 Å². The Hall–Kier alpha value is -1.01. The Morgan fingerprint density at radius 2 is 2.44 bits per heavy atom. The Bertz CT molecular complexity index is 479. The molecule has 1 N–H and O–H groups in total. The number of rotatable bonds is 1. The van der Waals surface area contributed by atoms with Gasteiger partial charge in [0.1, 0.15) is 16.9 Å². The van der Waals surface area contributed by atoms with Crippen molar-refractivity contribution in [2.75, 3.05) is 12.3 Å². The Balaban J connectivity index is 1.82. The van der Waals surface area contributed by atoms with Gasteiger partial charge in [0.15, 0.2) is 0 Å². The Morgan fingerprint density at radius 3 is 3.22 bits per heavy atom. The van der Waals surface area contributed by atoms with Gasteiger partial charge in [-0.1, -0.05) is 12.2 Å². The molecule has 4 aliphatic rings. The molecular formula is C12H13NO4S. The normalized spacial score (nSPS) is 48.4. The maximum Gasteiger partial charge on any atom is 0.310 e. The van der Waals surface area contributed by atoms with Crippen molar-refractivity contribution in [1.29, 1.82) is 0 Å². The summed E-state index contributed by atoms with van der Waals surface area (Å²) in [7, 11) is 0. The summed E-state index contributed by atoms with van der Waals surface area (Å²) < 4.78 is 5.92. The highest BCUT2D eigenvalue weighted by Gasteiger charge is 2.71. The first-order valence-electron chi connectivity index (χ1n) is 6.17. The minimum Gasteiger partial charge on any atom is -0.481 e. The summed E-state index contributed by atoms with van der Waals surface area (Å²) in [6.07, 6.45) is 4.30. The SMILES string of the molecule is O=C(O)[C@H]1[C@@H]2C=C[C@]3(O2)[C@@H]2SCCCN2C(=O)[C@@H]13. The number of thioether (sulfide) groups is 1. The van der Waals surface area contributed by atoms with Crippen LogP contribution in [0.5, 0.6) is 0 Å². The number of carbonyl (C=O) groups excluding carboxylic acids is 1. The number of ether oxygens (including phenoxy) is 1. The maximum absolute atomic E-state index is 12.5. The zero-order chi connectivity index (χ0) is 12.5. The maximum atomic E-state index is 12.5. The van der Waals surface area contributed by atoms with Gasteiger partial charge in [0.25, 0.3) is 0 Å². The number of nitrogens with zero attached hydrogens (tertiary/aromatic N) is 1. The van der Waals surface area contributed by atoms with Crippen LogP contribution in [0, 0.1) is 11.8 Å². The van der Waals surface area contributed by atoms with Crippen LogP contribution in [0.1, 0.15) is 6.42 Å². The zero-order valence-corrected chi connectivity index (χ0v) is 10.4. The fourth-order valence-electron chi connectivity index (χ4n) is 3.74. The molecule has 6 heteroatoms. The minimum absolute atomic E-state index is 0.0330. The fraction of sp³-hybridized carbons (Fsp3) is 0.667. The van der Waals surface area contributed by atoms with E-state index < -0.39 is 29.5 Å². The van der Waals surface area contributed by atoms with Crippen LogP contribution in [-0.4, -0.2) is 51.3 Å². The largest absolute Gasteiger partial charge is 0.481 e. The van der Waals surface area contributed by atoms with Crippen LogP contribution in [0.2, 0.25) is 0 Å². The number of fused-ring (bicyclic) bond motifs is 2. The van der Waals surface area contributed by atoms with Gasteiger partial charge in [-0.15, -0.1) is 11.8 Å². The second-order valence-corrected chi connectivity index (χ2v) is 6.43. The van der Waals surface area contributed by atoms with E-state index in [1.54, 1.807) is 11.8 Å². The Kier molecular flexibility index (Phi) is 1.99. The number of carbonyl (C=O) groups is 2. The van der Waals surface area contributed by atoms with Crippen molar-refractivity contribution in [2.45, 2.75) is 23.5 Å². The molecule has 18 heavy (non-hydrogen) atoms. The lowest BCUT2D eigenvalue weighted by Gasteiger charge is -2.35. The lowest BCUT2D eigenvalue weighted by atomic mass is 9.77. The van der Waals surface area contributed by atoms with E-state index in [1.807, 2.05) is 17.1 Å². The molecule has 0 radical (unpaired) electrons. The zero-order valence-electron chi connectivity index (χ0n) is 9.61. The van der Waals surface area contributed by atoms with Crippen LogP contribution in [0.25, 0.3) is 0 Å². The summed E-state index contributed by atoms with van der Waals surface area (Å²) >= 11 is 1.71. The first-order chi connectivity index (χ1) is 8.65. The molecule has 5 nitrogen and oxygen atoms in total. The van der Waals surface area contributed by atoms with Crippen molar-refractivity contribution in [3.05, 3.63) is 12.2 Å². The molecule has 0 aromatic rings. The first kappa shape index (κ1) is 10.9. The van der Waals surface area contributed by atoms with E-state index in [0.717, 1.165) is 18.7 Å². The van der Waals surface area contributed by atoms with Gasteiger partial charge < -0.3 is 14.7 Å². The molecule has 3 fully saturated rings. The van der Waals surface area contributed by atoms with Gasteiger partial charge in [-0.05, 0) is 12.2 Å². The highest BCUT2D eigenvalue weighted by molar-refractivity contribution is 8.00. The summed E-state index contributed by atoms with van der Waals surface area (Å²) in [5.74, 6) is -1.20. The predicted molar refractivity (Wildman–Crippen MR) is 63.9 cm³/mol. The van der Waals surface area contributed by atoms with Crippen LogP contribution in [-0.2, 0) is 14.3 Å². The summed E-state index contributed by atoms with van der Waals surface area (Å²) in [6.45, 7) is 0.725. The molecule has 4 rings (SSSR count). The molecule has 0 unspecified atom stereocenters. The molecule has 4 heterocycles. The van der Waals surface area contributed by atoms with Crippen LogP contribution in [0.4, 0.5) is 0 Å². The van der Waals surface area contributed by atoms with Gasteiger partial charge in [0.05, 0.1) is 12.0 Å². The van der Waals surface area contributed by atoms with Gasteiger partial charge in [-0.2, -0.15) is 0 Å². The van der Waals surface area contributed by atoms with Crippen LogP contribution in [0.15, 0.2) is 12.2 Å². The molecule has 3 saturated heterocycles. The van der Waals surface area contributed by atoms with Crippen molar-refractivity contribution in [3.63, 3.8) is 0 Å². The summed E-state index contributed by atoms with van der Waals surface area (Å²) in [5.41, 5.74) is -0.685.